The van der Waals surface area contributed by atoms with Crippen LogP contribution in [0.5, 0.6) is 0 Å². The van der Waals surface area contributed by atoms with Gasteiger partial charge in [-0.1, -0.05) is 26.0 Å². The highest BCUT2D eigenvalue weighted by molar-refractivity contribution is 5.73. The highest BCUT2D eigenvalue weighted by Gasteiger charge is 2.18. The van der Waals surface area contributed by atoms with Gasteiger partial charge in [0.1, 0.15) is 12.6 Å². The number of nitrogens with zero attached hydrogens (tertiary/aromatic N) is 2. The summed E-state index contributed by atoms with van der Waals surface area (Å²) in [6.45, 7) is 5.81. The van der Waals surface area contributed by atoms with Crippen molar-refractivity contribution in [3.05, 3.63) is 29.8 Å². The first-order chi connectivity index (χ1) is 8.56. The van der Waals surface area contributed by atoms with E-state index in [0.717, 1.165) is 6.54 Å². The Morgan fingerprint density at radius 3 is 2.89 bits per heavy atom. The Balaban J connectivity index is 2.04. The first kappa shape index (κ1) is 12.7. The molecule has 1 aliphatic rings. The summed E-state index contributed by atoms with van der Waals surface area (Å²) < 4.78 is 5.17. The molecule has 0 bridgehead atoms. The monoisotopic (exact) mass is 247 g/mol. The van der Waals surface area contributed by atoms with Crippen LogP contribution in [0.15, 0.2) is 29.3 Å². The molecule has 1 aliphatic heterocycles. The minimum absolute atomic E-state index is 0.137. The van der Waals surface area contributed by atoms with Crippen LogP contribution in [0.1, 0.15) is 25.3 Å². The molecular formula is C14H21N3O. The predicted molar refractivity (Wildman–Crippen MR) is 75.2 cm³/mol. The van der Waals surface area contributed by atoms with Gasteiger partial charge in [-0.2, -0.15) is 0 Å². The van der Waals surface area contributed by atoms with Crippen molar-refractivity contribution < 1.29 is 4.74 Å². The van der Waals surface area contributed by atoms with Gasteiger partial charge in [0.25, 0.3) is 6.02 Å². The minimum atomic E-state index is 0.137. The largest absolute Gasteiger partial charge is 0.463 e. The number of aliphatic imine (C=N–C) groups is 1. The van der Waals surface area contributed by atoms with Gasteiger partial charge in [0, 0.05) is 19.3 Å². The van der Waals surface area contributed by atoms with Crippen molar-refractivity contribution in [1.82, 2.24) is 0 Å². The van der Waals surface area contributed by atoms with Gasteiger partial charge in [0.05, 0.1) is 0 Å². The first-order valence-corrected chi connectivity index (χ1v) is 6.33. The van der Waals surface area contributed by atoms with E-state index < -0.39 is 0 Å². The quantitative estimate of drug-likeness (QED) is 0.885. The maximum Gasteiger partial charge on any atom is 0.282 e. The van der Waals surface area contributed by atoms with E-state index in [9.17, 15) is 0 Å². The topological polar surface area (TPSA) is 50.9 Å². The minimum Gasteiger partial charge on any atom is -0.463 e. The van der Waals surface area contributed by atoms with Crippen LogP contribution in [-0.2, 0) is 4.74 Å². The van der Waals surface area contributed by atoms with E-state index in [1.165, 1.54) is 11.3 Å². The molecule has 1 heterocycles. The Hall–Kier alpha value is -1.71. The third kappa shape index (κ3) is 2.94. The number of hydrogen-bond acceptors (Lipinski definition) is 4. The van der Waals surface area contributed by atoms with Crippen LogP contribution >= 0.6 is 0 Å². The van der Waals surface area contributed by atoms with Crippen LogP contribution < -0.4 is 10.6 Å². The molecule has 98 valence electrons. The molecular weight excluding hydrogens is 226 g/mol. The second-order valence-electron chi connectivity index (χ2n) is 5.06. The summed E-state index contributed by atoms with van der Waals surface area (Å²) in [5.41, 5.74) is 8.07. The van der Waals surface area contributed by atoms with Crippen LogP contribution in [0.25, 0.3) is 0 Å². The Kier molecular flexibility index (Phi) is 3.75. The van der Waals surface area contributed by atoms with Gasteiger partial charge in [-0.05, 0) is 23.6 Å². The van der Waals surface area contributed by atoms with Gasteiger partial charge in [-0.3, -0.25) is 0 Å². The Bertz CT molecular complexity index is 442. The number of amidine groups is 1. The number of benzene rings is 1. The van der Waals surface area contributed by atoms with Gasteiger partial charge >= 0.3 is 0 Å². The third-order valence-electron chi connectivity index (χ3n) is 3.20. The van der Waals surface area contributed by atoms with Gasteiger partial charge in [0.15, 0.2) is 0 Å². The summed E-state index contributed by atoms with van der Waals surface area (Å²) in [7, 11) is 2.07. The number of rotatable bonds is 4. The Morgan fingerprint density at radius 2 is 2.28 bits per heavy atom. The third-order valence-corrected chi connectivity index (χ3v) is 3.20. The van der Waals surface area contributed by atoms with E-state index in [1.807, 2.05) is 0 Å². The summed E-state index contributed by atoms with van der Waals surface area (Å²) in [6, 6.07) is 9.06. The van der Waals surface area contributed by atoms with Gasteiger partial charge in [0.2, 0.25) is 0 Å². The maximum atomic E-state index is 5.51. The molecule has 1 unspecified atom stereocenters. The lowest BCUT2D eigenvalue weighted by Gasteiger charge is -2.22. The van der Waals surface area contributed by atoms with Crippen LogP contribution in [0.4, 0.5) is 5.69 Å². The molecule has 0 radical (unpaired) electrons. The molecule has 1 aromatic rings. The number of ether oxygens (including phenoxy) is 1. The van der Waals surface area contributed by atoms with Crippen molar-refractivity contribution in [2.24, 2.45) is 10.7 Å². The van der Waals surface area contributed by atoms with Crippen LogP contribution in [0.2, 0.25) is 0 Å². The normalized spacial score (nSPS) is 18.7. The lowest BCUT2D eigenvalue weighted by atomic mass is 10.0. The molecule has 2 rings (SSSR count). The second kappa shape index (κ2) is 5.29. The number of nitrogens with two attached hydrogens (primary N) is 1. The molecule has 1 aromatic carbocycles. The average molecular weight is 247 g/mol. The molecule has 0 saturated heterocycles. The van der Waals surface area contributed by atoms with Crippen molar-refractivity contribution >= 4 is 11.7 Å². The summed E-state index contributed by atoms with van der Waals surface area (Å²) in [4.78, 5) is 6.44. The molecule has 4 heteroatoms. The summed E-state index contributed by atoms with van der Waals surface area (Å²) in [6.07, 6.45) is 0. The van der Waals surface area contributed by atoms with Crippen molar-refractivity contribution in [3.8, 4) is 0 Å². The van der Waals surface area contributed by atoms with Gasteiger partial charge in [-0.15, -0.1) is 0 Å². The Labute approximate surface area is 108 Å². The highest BCUT2D eigenvalue weighted by atomic mass is 16.5. The number of likely N-dealkylation sites (N-methyl/N-ethyl adjacent to an activating group) is 1. The molecule has 0 saturated carbocycles. The maximum absolute atomic E-state index is 5.51. The highest BCUT2D eigenvalue weighted by Crippen LogP contribution is 2.21. The fourth-order valence-corrected chi connectivity index (χ4v) is 2.07. The molecule has 2 N–H and O–H groups in total. The molecule has 4 nitrogen and oxygen atoms in total. The van der Waals surface area contributed by atoms with Crippen molar-refractivity contribution in [1.29, 1.82) is 0 Å². The zero-order chi connectivity index (χ0) is 13.1. The van der Waals surface area contributed by atoms with E-state index in [0.29, 0.717) is 18.5 Å². The zero-order valence-electron chi connectivity index (χ0n) is 11.3. The van der Waals surface area contributed by atoms with Crippen LogP contribution in [0, 0.1) is 0 Å². The van der Waals surface area contributed by atoms with E-state index in [2.05, 4.69) is 55.1 Å². The van der Waals surface area contributed by atoms with E-state index in [4.69, 9.17) is 10.5 Å². The van der Waals surface area contributed by atoms with E-state index >= 15 is 0 Å². The molecule has 0 aliphatic carbocycles. The molecule has 0 fully saturated rings. The number of hydrogen-bond donors (Lipinski definition) is 1. The second-order valence-corrected chi connectivity index (χ2v) is 5.06. The predicted octanol–water partition coefficient (Wildman–Crippen LogP) is 1.96. The molecule has 0 aromatic heterocycles. The fraction of sp³-hybridized carbons (Fsp3) is 0.500. The Morgan fingerprint density at radius 1 is 1.50 bits per heavy atom. The molecule has 1 atom stereocenters. The average Bonchev–Trinajstić information content (AvgIpc) is 2.75. The molecule has 0 spiro atoms. The zero-order valence-corrected chi connectivity index (χ0v) is 11.3. The summed E-state index contributed by atoms with van der Waals surface area (Å²) in [5, 5.41) is 0. The molecule has 0 amide bonds. The van der Waals surface area contributed by atoms with Crippen molar-refractivity contribution in [3.63, 3.8) is 0 Å². The lowest BCUT2D eigenvalue weighted by Crippen LogP contribution is -2.28. The fourth-order valence-electron chi connectivity index (χ4n) is 2.07. The number of anilines is 1. The van der Waals surface area contributed by atoms with Crippen LogP contribution in [0.3, 0.4) is 0 Å². The first-order valence-electron chi connectivity index (χ1n) is 6.33. The SMILES string of the molecule is CC(C)c1cccc(N(C)CC2COC(N)=N2)c1. The van der Waals surface area contributed by atoms with Gasteiger partial charge < -0.3 is 15.4 Å². The summed E-state index contributed by atoms with van der Waals surface area (Å²) >= 11 is 0. The van der Waals surface area contributed by atoms with Crippen LogP contribution in [-0.4, -0.2) is 32.3 Å². The van der Waals surface area contributed by atoms with E-state index in [-0.39, 0.29) is 6.04 Å². The summed E-state index contributed by atoms with van der Waals surface area (Å²) in [5.74, 6) is 0.543. The van der Waals surface area contributed by atoms with Crippen molar-refractivity contribution in [2.75, 3.05) is 25.1 Å². The smallest absolute Gasteiger partial charge is 0.282 e. The molecule has 18 heavy (non-hydrogen) atoms. The van der Waals surface area contributed by atoms with Gasteiger partial charge in [-0.25, -0.2) is 4.99 Å². The standard InChI is InChI=1S/C14H21N3O/c1-10(2)11-5-4-6-13(7-11)17(3)8-12-9-18-14(15)16-12/h4-7,10,12H,8-9H2,1-3H3,(H2,15,16). The lowest BCUT2D eigenvalue weighted by molar-refractivity contribution is 0.314. The van der Waals surface area contributed by atoms with E-state index in [1.54, 1.807) is 0 Å². The van der Waals surface area contributed by atoms with Crippen molar-refractivity contribution in [2.45, 2.75) is 25.8 Å².